The average molecular weight is 389 g/mol. The molecule has 7 nitrogen and oxygen atoms in total. The van der Waals surface area contributed by atoms with Gasteiger partial charge in [-0.3, -0.25) is 19.4 Å². The van der Waals surface area contributed by atoms with Crippen molar-refractivity contribution < 1.29 is 14.3 Å². The molecule has 1 saturated heterocycles. The molecular formula is C21H32N4O3. The minimum atomic E-state index is -0.149. The lowest BCUT2D eigenvalue weighted by Crippen LogP contribution is -2.56. The molecule has 2 amide bonds. The fraction of sp³-hybridized carbons (Fsp3) is 0.619. The van der Waals surface area contributed by atoms with E-state index in [4.69, 9.17) is 4.74 Å². The van der Waals surface area contributed by atoms with Crippen LogP contribution in [0, 0.1) is 0 Å². The van der Waals surface area contributed by atoms with Crippen molar-refractivity contribution in [1.82, 2.24) is 15.1 Å². The van der Waals surface area contributed by atoms with Crippen molar-refractivity contribution in [3.63, 3.8) is 0 Å². The number of anilines is 1. The number of rotatable bonds is 7. The summed E-state index contributed by atoms with van der Waals surface area (Å²) in [6.45, 7) is 7.46. The second-order valence-electron chi connectivity index (χ2n) is 7.55. The molecule has 1 atom stereocenters. The van der Waals surface area contributed by atoms with E-state index in [0.717, 1.165) is 51.3 Å². The third-order valence-electron chi connectivity index (χ3n) is 5.68. The van der Waals surface area contributed by atoms with Crippen molar-refractivity contribution >= 4 is 17.5 Å². The Labute approximate surface area is 167 Å². The van der Waals surface area contributed by atoms with E-state index >= 15 is 0 Å². The Balaban J connectivity index is 1.49. The van der Waals surface area contributed by atoms with E-state index in [2.05, 4.69) is 27.2 Å². The van der Waals surface area contributed by atoms with Crippen LogP contribution in [0.4, 0.5) is 5.69 Å². The summed E-state index contributed by atoms with van der Waals surface area (Å²) >= 11 is 0. The normalized spacial score (nSPS) is 19.1. The molecule has 1 aromatic carbocycles. The summed E-state index contributed by atoms with van der Waals surface area (Å²) in [6.07, 6.45) is 2.06. The van der Waals surface area contributed by atoms with Crippen LogP contribution in [0.2, 0.25) is 0 Å². The van der Waals surface area contributed by atoms with E-state index in [0.29, 0.717) is 19.7 Å². The van der Waals surface area contributed by atoms with Crippen molar-refractivity contribution in [3.05, 3.63) is 29.8 Å². The fourth-order valence-corrected chi connectivity index (χ4v) is 4.00. The number of para-hydroxylation sites is 1. The van der Waals surface area contributed by atoms with Crippen LogP contribution in [-0.4, -0.2) is 87.2 Å². The molecule has 2 aliphatic rings. The third kappa shape index (κ3) is 5.10. The minimum absolute atomic E-state index is 0.0274. The number of piperazine rings is 1. The molecule has 0 aliphatic carbocycles. The first-order valence-electron chi connectivity index (χ1n) is 10.2. The van der Waals surface area contributed by atoms with Crippen molar-refractivity contribution in [2.75, 3.05) is 64.4 Å². The largest absolute Gasteiger partial charge is 0.383 e. The number of aryl methyl sites for hydroxylation is 1. The zero-order chi connectivity index (χ0) is 19.9. The van der Waals surface area contributed by atoms with Crippen LogP contribution in [0.3, 0.4) is 0 Å². The molecule has 2 aliphatic heterocycles. The molecule has 3 rings (SSSR count). The summed E-state index contributed by atoms with van der Waals surface area (Å²) in [6, 6.07) is 8.07. The Bertz CT molecular complexity index is 673. The number of hydrogen-bond donors (Lipinski definition) is 1. The Hall–Kier alpha value is -1.96. The van der Waals surface area contributed by atoms with Crippen LogP contribution >= 0.6 is 0 Å². The van der Waals surface area contributed by atoms with Gasteiger partial charge in [0.15, 0.2) is 0 Å². The number of benzene rings is 1. The monoisotopic (exact) mass is 388 g/mol. The van der Waals surface area contributed by atoms with Crippen LogP contribution < -0.4 is 10.2 Å². The first kappa shape index (κ1) is 20.8. The quantitative estimate of drug-likeness (QED) is 0.698. The highest BCUT2D eigenvalue weighted by molar-refractivity contribution is 5.98. The maximum atomic E-state index is 13.2. The third-order valence-corrected chi connectivity index (χ3v) is 5.68. The SMILES string of the molecule is COCCNC(=O)CN1CCN(C(C)C(=O)N2CCCc3ccccc32)CC1. The van der Waals surface area contributed by atoms with E-state index in [1.165, 1.54) is 5.56 Å². The standard InChI is InChI=1S/C21H32N4O3/c1-17(21(27)25-10-5-7-18-6-3-4-8-19(18)25)24-13-11-23(12-14-24)16-20(26)22-9-15-28-2/h3-4,6,8,17H,5,7,9-16H2,1-2H3,(H,22,26). The van der Waals surface area contributed by atoms with Gasteiger partial charge in [0.1, 0.15) is 0 Å². The highest BCUT2D eigenvalue weighted by Gasteiger charge is 2.31. The van der Waals surface area contributed by atoms with Crippen molar-refractivity contribution in [1.29, 1.82) is 0 Å². The van der Waals surface area contributed by atoms with Gasteiger partial charge in [-0.1, -0.05) is 18.2 Å². The molecule has 1 N–H and O–H groups in total. The van der Waals surface area contributed by atoms with Gasteiger partial charge in [-0.2, -0.15) is 0 Å². The lowest BCUT2D eigenvalue weighted by atomic mass is 10.0. The summed E-state index contributed by atoms with van der Waals surface area (Å²) < 4.78 is 4.95. The topological polar surface area (TPSA) is 65.1 Å². The van der Waals surface area contributed by atoms with E-state index < -0.39 is 0 Å². The van der Waals surface area contributed by atoms with Gasteiger partial charge in [0.05, 0.1) is 19.2 Å². The Morgan fingerprint density at radius 2 is 1.89 bits per heavy atom. The molecule has 1 unspecified atom stereocenters. The van der Waals surface area contributed by atoms with E-state index in [9.17, 15) is 9.59 Å². The minimum Gasteiger partial charge on any atom is -0.383 e. The number of carbonyl (C=O) groups is 2. The first-order valence-corrected chi connectivity index (χ1v) is 10.2. The van der Waals surface area contributed by atoms with Gasteiger partial charge in [-0.05, 0) is 31.4 Å². The van der Waals surface area contributed by atoms with Crippen molar-refractivity contribution in [2.45, 2.75) is 25.8 Å². The average Bonchev–Trinajstić information content (AvgIpc) is 2.73. The number of nitrogens with zero attached hydrogens (tertiary/aromatic N) is 3. The van der Waals surface area contributed by atoms with Gasteiger partial charge < -0.3 is 15.0 Å². The van der Waals surface area contributed by atoms with Gasteiger partial charge in [-0.15, -0.1) is 0 Å². The molecule has 2 heterocycles. The molecule has 28 heavy (non-hydrogen) atoms. The molecule has 1 aromatic rings. The van der Waals surface area contributed by atoms with Crippen molar-refractivity contribution in [2.24, 2.45) is 0 Å². The Kier molecular flexibility index (Phi) is 7.42. The molecule has 154 valence electrons. The van der Waals surface area contributed by atoms with Gasteiger partial charge >= 0.3 is 0 Å². The van der Waals surface area contributed by atoms with Crippen LogP contribution in [0.5, 0.6) is 0 Å². The molecule has 0 aromatic heterocycles. The zero-order valence-electron chi connectivity index (χ0n) is 17.0. The second-order valence-corrected chi connectivity index (χ2v) is 7.55. The lowest BCUT2D eigenvalue weighted by molar-refractivity contribution is -0.126. The number of fused-ring (bicyclic) bond motifs is 1. The first-order chi connectivity index (χ1) is 13.6. The number of hydrogen-bond acceptors (Lipinski definition) is 5. The number of methoxy groups -OCH3 is 1. The predicted octanol–water partition coefficient (Wildman–Crippen LogP) is 0.735. The van der Waals surface area contributed by atoms with Gasteiger partial charge in [-0.25, -0.2) is 0 Å². The van der Waals surface area contributed by atoms with E-state index in [1.54, 1.807) is 7.11 Å². The number of amides is 2. The predicted molar refractivity (Wildman–Crippen MR) is 109 cm³/mol. The fourth-order valence-electron chi connectivity index (χ4n) is 4.00. The molecule has 7 heteroatoms. The van der Waals surface area contributed by atoms with Gasteiger partial charge in [0.2, 0.25) is 11.8 Å². The van der Waals surface area contributed by atoms with Crippen molar-refractivity contribution in [3.8, 4) is 0 Å². The highest BCUT2D eigenvalue weighted by atomic mass is 16.5. The maximum Gasteiger partial charge on any atom is 0.244 e. The summed E-state index contributed by atoms with van der Waals surface area (Å²) in [5.74, 6) is 0.206. The second kappa shape index (κ2) is 10.0. The van der Waals surface area contributed by atoms with E-state index in [1.807, 2.05) is 24.0 Å². The highest BCUT2D eigenvalue weighted by Crippen LogP contribution is 2.27. The summed E-state index contributed by atoms with van der Waals surface area (Å²) in [5.41, 5.74) is 2.33. The van der Waals surface area contributed by atoms with E-state index in [-0.39, 0.29) is 17.9 Å². The lowest BCUT2D eigenvalue weighted by Gasteiger charge is -2.39. The maximum absolute atomic E-state index is 13.2. The smallest absolute Gasteiger partial charge is 0.244 e. The molecular weight excluding hydrogens is 356 g/mol. The van der Waals surface area contributed by atoms with Crippen LogP contribution in [0.25, 0.3) is 0 Å². The molecule has 0 spiro atoms. The zero-order valence-corrected chi connectivity index (χ0v) is 17.0. The van der Waals surface area contributed by atoms with Gasteiger partial charge in [0.25, 0.3) is 0 Å². The number of ether oxygens (including phenoxy) is 1. The summed E-state index contributed by atoms with van der Waals surface area (Å²) in [7, 11) is 1.62. The number of nitrogens with one attached hydrogen (secondary N) is 1. The molecule has 0 saturated carbocycles. The Morgan fingerprint density at radius 3 is 2.64 bits per heavy atom. The number of carbonyl (C=O) groups excluding carboxylic acids is 2. The molecule has 0 bridgehead atoms. The van der Waals surface area contributed by atoms with Crippen LogP contribution in [0.1, 0.15) is 18.9 Å². The Morgan fingerprint density at radius 1 is 1.14 bits per heavy atom. The molecule has 1 fully saturated rings. The summed E-state index contributed by atoms with van der Waals surface area (Å²) in [5, 5.41) is 2.86. The van der Waals surface area contributed by atoms with Crippen LogP contribution in [0.15, 0.2) is 24.3 Å². The van der Waals surface area contributed by atoms with Crippen LogP contribution in [-0.2, 0) is 20.7 Å². The van der Waals surface area contributed by atoms with Gasteiger partial charge in [0, 0.05) is 52.1 Å². The summed E-state index contributed by atoms with van der Waals surface area (Å²) in [4.78, 5) is 31.4. The molecule has 0 radical (unpaired) electrons.